The number of carbonyl (C=O) groups is 1. The van der Waals surface area contributed by atoms with Gasteiger partial charge in [-0.1, -0.05) is 18.6 Å². The maximum Gasteiger partial charge on any atom is 0.343 e. The molecule has 0 amide bonds. The number of benzene rings is 2. The van der Waals surface area contributed by atoms with Crippen molar-refractivity contribution < 1.29 is 23.7 Å². The van der Waals surface area contributed by atoms with Gasteiger partial charge in [0, 0.05) is 13.2 Å². The first-order chi connectivity index (χ1) is 14.7. The summed E-state index contributed by atoms with van der Waals surface area (Å²) in [5.41, 5.74) is 1.56. The molecule has 0 saturated carbocycles. The summed E-state index contributed by atoms with van der Waals surface area (Å²) < 4.78 is 22.5. The number of hydrogen-bond acceptors (Lipinski definition) is 5. The van der Waals surface area contributed by atoms with Crippen molar-refractivity contribution in [1.82, 2.24) is 0 Å². The lowest BCUT2D eigenvalue weighted by molar-refractivity contribution is -0.162. The Kier molecular flexibility index (Phi) is 9.19. The third-order valence-corrected chi connectivity index (χ3v) is 5.04. The molecule has 0 N–H and O–H groups in total. The molecule has 3 rings (SSSR count). The highest BCUT2D eigenvalue weighted by Crippen LogP contribution is 2.18. The van der Waals surface area contributed by atoms with E-state index in [-0.39, 0.29) is 12.3 Å². The Morgan fingerprint density at radius 2 is 1.77 bits per heavy atom. The van der Waals surface area contributed by atoms with Crippen LogP contribution in [0.2, 0.25) is 0 Å². The van der Waals surface area contributed by atoms with Crippen LogP contribution in [0.15, 0.2) is 48.5 Å². The number of rotatable bonds is 11. The molecular weight excluding hydrogens is 380 g/mol. The SMILES string of the molecule is Cc1cccc(OC(=O)c2ccc(OCCCCCCOC3CCCCO3)cc2)c1. The third-order valence-electron chi connectivity index (χ3n) is 5.04. The van der Waals surface area contributed by atoms with Gasteiger partial charge in [0.1, 0.15) is 11.5 Å². The van der Waals surface area contributed by atoms with Crippen LogP contribution < -0.4 is 9.47 Å². The molecule has 5 heteroatoms. The number of unbranched alkanes of at least 4 members (excludes halogenated alkanes) is 3. The molecule has 1 heterocycles. The fourth-order valence-electron chi connectivity index (χ4n) is 3.34. The zero-order valence-electron chi connectivity index (χ0n) is 17.8. The molecule has 0 bridgehead atoms. The van der Waals surface area contributed by atoms with Gasteiger partial charge in [-0.05, 0) is 87.4 Å². The standard InChI is InChI=1S/C25H32O5/c1-20-9-8-10-23(19-20)30-25(26)21-12-14-22(15-13-21)27-16-5-2-3-6-17-28-24-11-4-7-18-29-24/h8-10,12-15,19,24H,2-7,11,16-18H2,1H3. The predicted molar refractivity (Wildman–Crippen MR) is 116 cm³/mol. The minimum Gasteiger partial charge on any atom is -0.494 e. The third kappa shape index (κ3) is 7.81. The van der Waals surface area contributed by atoms with Gasteiger partial charge in [-0.25, -0.2) is 4.79 Å². The monoisotopic (exact) mass is 412 g/mol. The summed E-state index contributed by atoms with van der Waals surface area (Å²) in [6.07, 6.45) is 7.68. The second-order valence-electron chi connectivity index (χ2n) is 7.66. The van der Waals surface area contributed by atoms with E-state index in [2.05, 4.69) is 0 Å². The second kappa shape index (κ2) is 12.4. The Morgan fingerprint density at radius 1 is 0.967 bits per heavy atom. The molecule has 30 heavy (non-hydrogen) atoms. The topological polar surface area (TPSA) is 54.0 Å². The maximum atomic E-state index is 12.2. The van der Waals surface area contributed by atoms with Gasteiger partial charge in [-0.15, -0.1) is 0 Å². The van der Waals surface area contributed by atoms with E-state index in [0.29, 0.717) is 17.9 Å². The molecule has 1 unspecified atom stereocenters. The summed E-state index contributed by atoms with van der Waals surface area (Å²) in [6, 6.07) is 14.5. The van der Waals surface area contributed by atoms with Crippen LogP contribution in [0.5, 0.6) is 11.5 Å². The predicted octanol–water partition coefficient (Wildman–Crippen LogP) is 5.70. The summed E-state index contributed by atoms with van der Waals surface area (Å²) >= 11 is 0. The Morgan fingerprint density at radius 3 is 2.50 bits per heavy atom. The van der Waals surface area contributed by atoms with Gasteiger partial charge < -0.3 is 18.9 Å². The molecule has 0 spiro atoms. The lowest BCUT2D eigenvalue weighted by atomic mass is 10.2. The summed E-state index contributed by atoms with van der Waals surface area (Å²) in [6.45, 7) is 4.23. The van der Waals surface area contributed by atoms with Gasteiger partial charge in [-0.3, -0.25) is 0 Å². The largest absolute Gasteiger partial charge is 0.494 e. The smallest absolute Gasteiger partial charge is 0.343 e. The molecule has 0 aliphatic carbocycles. The minimum atomic E-state index is -0.368. The molecule has 5 nitrogen and oxygen atoms in total. The first-order valence-corrected chi connectivity index (χ1v) is 11.0. The molecule has 0 aromatic heterocycles. The lowest BCUT2D eigenvalue weighted by Gasteiger charge is -2.22. The van der Waals surface area contributed by atoms with Crippen molar-refractivity contribution in [3.8, 4) is 11.5 Å². The number of aryl methyl sites for hydroxylation is 1. The van der Waals surface area contributed by atoms with Crippen LogP contribution in [-0.2, 0) is 9.47 Å². The van der Waals surface area contributed by atoms with E-state index in [1.54, 1.807) is 18.2 Å². The van der Waals surface area contributed by atoms with Crippen molar-refractivity contribution in [2.24, 2.45) is 0 Å². The highest BCUT2D eigenvalue weighted by molar-refractivity contribution is 5.91. The number of hydrogen-bond donors (Lipinski definition) is 0. The van der Waals surface area contributed by atoms with Crippen LogP contribution in [0.25, 0.3) is 0 Å². The fourth-order valence-corrected chi connectivity index (χ4v) is 3.34. The van der Waals surface area contributed by atoms with Crippen LogP contribution in [-0.4, -0.2) is 32.1 Å². The number of ether oxygens (including phenoxy) is 4. The summed E-state index contributed by atoms with van der Waals surface area (Å²) in [7, 11) is 0. The maximum absolute atomic E-state index is 12.2. The van der Waals surface area contributed by atoms with Crippen molar-refractivity contribution >= 4 is 5.97 Å². The van der Waals surface area contributed by atoms with Gasteiger partial charge in [-0.2, -0.15) is 0 Å². The normalized spacial score (nSPS) is 16.2. The lowest BCUT2D eigenvalue weighted by Crippen LogP contribution is -2.22. The van der Waals surface area contributed by atoms with Gasteiger partial charge in [0.15, 0.2) is 6.29 Å². The van der Waals surface area contributed by atoms with Gasteiger partial charge in [0.2, 0.25) is 0 Å². The van der Waals surface area contributed by atoms with Crippen LogP contribution in [0.4, 0.5) is 0 Å². The fraction of sp³-hybridized carbons (Fsp3) is 0.480. The van der Waals surface area contributed by atoms with Crippen LogP contribution in [0.3, 0.4) is 0 Å². The molecule has 1 aliphatic heterocycles. The molecule has 2 aromatic carbocycles. The van der Waals surface area contributed by atoms with Crippen molar-refractivity contribution in [2.45, 2.75) is 58.2 Å². The van der Waals surface area contributed by atoms with E-state index >= 15 is 0 Å². The Balaban J connectivity index is 1.27. The van der Waals surface area contributed by atoms with E-state index in [1.165, 1.54) is 6.42 Å². The number of esters is 1. The Hall–Kier alpha value is -2.37. The second-order valence-corrected chi connectivity index (χ2v) is 7.66. The van der Waals surface area contributed by atoms with Gasteiger partial charge in [0.05, 0.1) is 12.2 Å². The molecule has 1 atom stereocenters. The van der Waals surface area contributed by atoms with Crippen molar-refractivity contribution in [1.29, 1.82) is 0 Å². The zero-order chi connectivity index (χ0) is 21.0. The number of carbonyl (C=O) groups excluding carboxylic acids is 1. The quantitative estimate of drug-likeness (QED) is 0.269. The van der Waals surface area contributed by atoms with Gasteiger partial charge >= 0.3 is 5.97 Å². The van der Waals surface area contributed by atoms with Crippen LogP contribution >= 0.6 is 0 Å². The molecule has 1 aliphatic rings. The van der Waals surface area contributed by atoms with Crippen molar-refractivity contribution in [3.05, 3.63) is 59.7 Å². The first-order valence-electron chi connectivity index (χ1n) is 11.0. The molecule has 2 aromatic rings. The Labute approximate surface area is 179 Å². The molecule has 1 fully saturated rings. The van der Waals surface area contributed by atoms with E-state index in [4.69, 9.17) is 18.9 Å². The van der Waals surface area contributed by atoms with Crippen LogP contribution in [0.1, 0.15) is 60.9 Å². The zero-order valence-corrected chi connectivity index (χ0v) is 17.8. The average Bonchev–Trinajstić information content (AvgIpc) is 2.77. The molecule has 1 saturated heterocycles. The van der Waals surface area contributed by atoms with Crippen molar-refractivity contribution in [2.75, 3.05) is 19.8 Å². The van der Waals surface area contributed by atoms with Crippen molar-refractivity contribution in [3.63, 3.8) is 0 Å². The summed E-state index contributed by atoms with van der Waals surface area (Å²) in [5, 5.41) is 0. The molecule has 0 radical (unpaired) electrons. The minimum absolute atomic E-state index is 0.0131. The molecular formula is C25H32O5. The van der Waals surface area contributed by atoms with E-state index in [0.717, 1.165) is 63.1 Å². The van der Waals surface area contributed by atoms with E-state index in [1.807, 2.05) is 37.3 Å². The van der Waals surface area contributed by atoms with Gasteiger partial charge in [0.25, 0.3) is 0 Å². The first kappa shape index (κ1) is 22.3. The molecule has 162 valence electrons. The Bertz CT molecular complexity index is 765. The summed E-state index contributed by atoms with van der Waals surface area (Å²) in [5.74, 6) is 0.949. The van der Waals surface area contributed by atoms with E-state index < -0.39 is 0 Å². The van der Waals surface area contributed by atoms with Crippen LogP contribution in [0, 0.1) is 6.92 Å². The highest BCUT2D eigenvalue weighted by Gasteiger charge is 2.13. The summed E-state index contributed by atoms with van der Waals surface area (Å²) in [4.78, 5) is 12.2. The average molecular weight is 413 g/mol. The van der Waals surface area contributed by atoms with E-state index in [9.17, 15) is 4.79 Å². The highest BCUT2D eigenvalue weighted by atomic mass is 16.7.